The van der Waals surface area contributed by atoms with Crippen molar-refractivity contribution >= 4 is 11.9 Å². The summed E-state index contributed by atoms with van der Waals surface area (Å²) >= 11 is 0. The second kappa shape index (κ2) is 8.00. The third-order valence-electron chi connectivity index (χ3n) is 6.16. The Kier molecular flexibility index (Phi) is 5.45. The number of aromatic amines is 1. The summed E-state index contributed by atoms with van der Waals surface area (Å²) in [4.78, 5) is 17.0. The van der Waals surface area contributed by atoms with Crippen LogP contribution in [0.15, 0.2) is 0 Å². The Labute approximate surface area is 165 Å². The third kappa shape index (κ3) is 3.95. The molecule has 2 aromatic rings. The third-order valence-corrected chi connectivity index (χ3v) is 6.16. The van der Waals surface area contributed by atoms with Gasteiger partial charge in [-0.15, -0.1) is 5.10 Å². The summed E-state index contributed by atoms with van der Waals surface area (Å²) in [5.41, 5.74) is 9.57. The zero-order valence-corrected chi connectivity index (χ0v) is 16.9. The maximum atomic E-state index is 12.6. The van der Waals surface area contributed by atoms with Gasteiger partial charge in [0.15, 0.2) is 0 Å². The normalized spacial score (nSPS) is 22.8. The van der Waals surface area contributed by atoms with Gasteiger partial charge in [-0.05, 0) is 32.6 Å². The van der Waals surface area contributed by atoms with Crippen molar-refractivity contribution in [3.05, 3.63) is 22.8 Å². The standard InChI is InChI=1S/C19H30N8O/c1-11-17(12(2)27(3)26-11)14-10-15(23-22-14)18(28)21-19-20-16(24-25-19)9-8-13-6-4-5-7-13/h13-15,22-23H,4-10H2,1-3H3,(H2,20,21,24,25,28). The van der Waals surface area contributed by atoms with Crippen LogP contribution in [0.4, 0.5) is 5.95 Å². The second-order valence-corrected chi connectivity index (χ2v) is 8.12. The number of nitrogens with one attached hydrogen (secondary N) is 4. The van der Waals surface area contributed by atoms with Gasteiger partial charge < -0.3 is 0 Å². The number of aromatic nitrogens is 5. The monoisotopic (exact) mass is 386 g/mol. The summed E-state index contributed by atoms with van der Waals surface area (Å²) < 4.78 is 1.88. The minimum atomic E-state index is -0.343. The van der Waals surface area contributed by atoms with Gasteiger partial charge in [0, 0.05) is 24.7 Å². The Balaban J connectivity index is 1.30. The first-order chi connectivity index (χ1) is 13.5. The molecule has 1 aliphatic heterocycles. The van der Waals surface area contributed by atoms with E-state index in [2.05, 4.69) is 36.4 Å². The molecule has 28 heavy (non-hydrogen) atoms. The highest BCUT2D eigenvalue weighted by Crippen LogP contribution is 2.29. The average molecular weight is 387 g/mol. The van der Waals surface area contributed by atoms with E-state index in [9.17, 15) is 4.79 Å². The molecule has 1 saturated heterocycles. The number of nitrogens with zero attached hydrogens (tertiary/aromatic N) is 4. The smallest absolute Gasteiger partial charge is 0.248 e. The molecule has 2 unspecified atom stereocenters. The molecular weight excluding hydrogens is 356 g/mol. The Bertz CT molecular complexity index is 835. The lowest BCUT2D eigenvalue weighted by atomic mass is 10.00. The molecule has 4 rings (SSSR count). The molecule has 0 aromatic carbocycles. The summed E-state index contributed by atoms with van der Waals surface area (Å²) in [5, 5.41) is 14.4. The van der Waals surface area contributed by atoms with Crippen LogP contribution in [0.5, 0.6) is 0 Å². The topological polar surface area (TPSA) is 113 Å². The van der Waals surface area contributed by atoms with E-state index >= 15 is 0 Å². The number of hydrogen-bond acceptors (Lipinski definition) is 6. The Morgan fingerprint density at radius 3 is 2.75 bits per heavy atom. The highest BCUT2D eigenvalue weighted by atomic mass is 16.2. The number of rotatable bonds is 6. The Hall–Kier alpha value is -2.26. The number of hydrazine groups is 1. The number of carbonyl (C=O) groups is 1. The Morgan fingerprint density at radius 1 is 1.25 bits per heavy atom. The molecule has 0 radical (unpaired) electrons. The minimum Gasteiger partial charge on any atom is -0.292 e. The SMILES string of the molecule is Cc1nn(C)c(C)c1C1CC(C(=O)Nc2n[nH]c(CCC3CCCC3)n2)NN1. The Morgan fingerprint density at radius 2 is 2.04 bits per heavy atom. The van der Waals surface area contributed by atoms with Gasteiger partial charge >= 0.3 is 0 Å². The second-order valence-electron chi connectivity index (χ2n) is 8.12. The predicted octanol–water partition coefficient (Wildman–Crippen LogP) is 1.82. The molecule has 2 aromatic heterocycles. The summed E-state index contributed by atoms with van der Waals surface area (Å²) in [5.74, 6) is 1.88. The summed E-state index contributed by atoms with van der Waals surface area (Å²) in [6.45, 7) is 4.04. The number of carbonyl (C=O) groups excluding carboxylic acids is 1. The van der Waals surface area contributed by atoms with E-state index in [1.165, 1.54) is 25.7 Å². The molecule has 1 saturated carbocycles. The minimum absolute atomic E-state index is 0.0542. The van der Waals surface area contributed by atoms with Crippen LogP contribution in [0.25, 0.3) is 0 Å². The molecule has 0 spiro atoms. The van der Waals surface area contributed by atoms with E-state index < -0.39 is 0 Å². The molecule has 2 aliphatic rings. The van der Waals surface area contributed by atoms with Crippen LogP contribution in [-0.4, -0.2) is 36.9 Å². The fraction of sp³-hybridized carbons (Fsp3) is 0.684. The van der Waals surface area contributed by atoms with Gasteiger partial charge in [-0.2, -0.15) is 10.1 Å². The average Bonchev–Trinajstić information content (AvgIpc) is 3.43. The van der Waals surface area contributed by atoms with Crippen LogP contribution in [0.2, 0.25) is 0 Å². The fourth-order valence-electron chi connectivity index (χ4n) is 4.51. The van der Waals surface area contributed by atoms with Gasteiger partial charge in [0.1, 0.15) is 11.9 Å². The molecule has 0 bridgehead atoms. The molecule has 1 aliphatic carbocycles. The van der Waals surface area contributed by atoms with Crippen molar-refractivity contribution in [1.29, 1.82) is 0 Å². The van der Waals surface area contributed by atoms with Crippen molar-refractivity contribution in [2.75, 3.05) is 5.32 Å². The largest absolute Gasteiger partial charge is 0.292 e. The van der Waals surface area contributed by atoms with Crippen molar-refractivity contribution in [3.8, 4) is 0 Å². The van der Waals surface area contributed by atoms with Crippen LogP contribution >= 0.6 is 0 Å². The van der Waals surface area contributed by atoms with Gasteiger partial charge in [-0.25, -0.2) is 10.9 Å². The highest BCUT2D eigenvalue weighted by molar-refractivity contribution is 5.93. The number of amides is 1. The maximum absolute atomic E-state index is 12.6. The lowest BCUT2D eigenvalue weighted by Crippen LogP contribution is -2.39. The molecule has 3 heterocycles. The van der Waals surface area contributed by atoms with E-state index in [1.807, 2.05) is 25.6 Å². The summed E-state index contributed by atoms with van der Waals surface area (Å²) in [6, 6.07) is -0.289. The van der Waals surface area contributed by atoms with Crippen LogP contribution in [0.3, 0.4) is 0 Å². The van der Waals surface area contributed by atoms with E-state index in [-0.39, 0.29) is 18.0 Å². The first-order valence-electron chi connectivity index (χ1n) is 10.2. The summed E-state index contributed by atoms with van der Waals surface area (Å²) in [6.07, 6.45) is 8.04. The lowest BCUT2D eigenvalue weighted by Gasteiger charge is -2.10. The van der Waals surface area contributed by atoms with Gasteiger partial charge in [0.2, 0.25) is 11.9 Å². The highest BCUT2D eigenvalue weighted by Gasteiger charge is 2.33. The van der Waals surface area contributed by atoms with Gasteiger partial charge in [-0.1, -0.05) is 25.7 Å². The quantitative estimate of drug-likeness (QED) is 0.602. The van der Waals surface area contributed by atoms with Crippen LogP contribution < -0.4 is 16.2 Å². The maximum Gasteiger partial charge on any atom is 0.248 e. The summed E-state index contributed by atoms with van der Waals surface area (Å²) in [7, 11) is 1.94. The van der Waals surface area contributed by atoms with Gasteiger partial charge in [0.25, 0.3) is 0 Å². The molecular formula is C19H30N8O. The number of aryl methyl sites for hydroxylation is 3. The van der Waals surface area contributed by atoms with Crippen molar-refractivity contribution in [2.45, 2.75) is 70.9 Å². The number of hydrogen-bond donors (Lipinski definition) is 4. The van der Waals surface area contributed by atoms with Crippen LogP contribution in [0.1, 0.15) is 67.3 Å². The molecule has 9 nitrogen and oxygen atoms in total. The zero-order chi connectivity index (χ0) is 19.7. The molecule has 2 atom stereocenters. The molecule has 1 amide bonds. The van der Waals surface area contributed by atoms with E-state index in [0.717, 1.165) is 41.5 Å². The van der Waals surface area contributed by atoms with Crippen LogP contribution in [-0.2, 0) is 18.3 Å². The first kappa shape index (κ1) is 19.1. The lowest BCUT2D eigenvalue weighted by molar-refractivity contribution is -0.117. The van der Waals surface area contributed by atoms with Crippen LogP contribution in [0, 0.1) is 19.8 Å². The van der Waals surface area contributed by atoms with E-state index in [0.29, 0.717) is 12.4 Å². The first-order valence-corrected chi connectivity index (χ1v) is 10.2. The van der Waals surface area contributed by atoms with Crippen molar-refractivity contribution in [1.82, 2.24) is 35.8 Å². The van der Waals surface area contributed by atoms with Gasteiger partial charge in [-0.3, -0.25) is 19.9 Å². The van der Waals surface area contributed by atoms with E-state index in [4.69, 9.17) is 0 Å². The number of H-pyrrole nitrogens is 1. The zero-order valence-electron chi connectivity index (χ0n) is 16.9. The number of anilines is 1. The van der Waals surface area contributed by atoms with Crippen molar-refractivity contribution in [2.24, 2.45) is 13.0 Å². The van der Waals surface area contributed by atoms with Crippen molar-refractivity contribution < 1.29 is 4.79 Å². The fourth-order valence-corrected chi connectivity index (χ4v) is 4.51. The van der Waals surface area contributed by atoms with Gasteiger partial charge in [0.05, 0.1) is 11.7 Å². The predicted molar refractivity (Wildman–Crippen MR) is 105 cm³/mol. The van der Waals surface area contributed by atoms with E-state index in [1.54, 1.807) is 0 Å². The molecule has 2 fully saturated rings. The molecule has 4 N–H and O–H groups in total. The molecule has 152 valence electrons. The van der Waals surface area contributed by atoms with Crippen molar-refractivity contribution in [3.63, 3.8) is 0 Å². The molecule has 9 heteroatoms.